The lowest BCUT2D eigenvalue weighted by Gasteiger charge is -1.98. The molecule has 1 aromatic heterocycles. The van der Waals surface area contributed by atoms with Crippen molar-refractivity contribution in [1.82, 2.24) is 0 Å². The van der Waals surface area contributed by atoms with Crippen LogP contribution in [-0.2, 0) is 0 Å². The Labute approximate surface area is 96.3 Å². The lowest BCUT2D eigenvalue weighted by atomic mass is 10.1. The van der Waals surface area contributed by atoms with Gasteiger partial charge in [0.25, 0.3) is 0 Å². The van der Waals surface area contributed by atoms with Crippen LogP contribution in [0.3, 0.4) is 0 Å². The fourth-order valence-electron chi connectivity index (χ4n) is 1.51. The predicted octanol–water partition coefficient (Wildman–Crippen LogP) is 4.44. The second-order valence-corrected chi connectivity index (χ2v) is 3.35. The minimum absolute atomic E-state index is 0.204. The van der Waals surface area contributed by atoms with Gasteiger partial charge in [-0.05, 0) is 30.7 Å². The summed E-state index contributed by atoms with van der Waals surface area (Å²) in [6.07, 6.45) is 3.14. The van der Waals surface area contributed by atoms with Gasteiger partial charge < -0.3 is 4.42 Å². The molecule has 0 bridgehead atoms. The Hall–Kier alpha value is -1.57. The van der Waals surface area contributed by atoms with Gasteiger partial charge in [-0.3, -0.25) is 4.79 Å². The highest BCUT2D eigenvalue weighted by atomic mass is 16.3. The Morgan fingerprint density at radius 2 is 2.00 bits per heavy atom. The first-order chi connectivity index (χ1) is 7.81. The van der Waals surface area contributed by atoms with E-state index in [1.54, 1.807) is 6.26 Å². The number of hydrogen-bond donors (Lipinski definition) is 0. The second-order valence-electron chi connectivity index (χ2n) is 3.35. The zero-order valence-corrected chi connectivity index (χ0v) is 10.1. The molecule has 0 amide bonds. The molecule has 0 radical (unpaired) electrons. The summed E-state index contributed by atoms with van der Waals surface area (Å²) in [4.78, 5) is 11.6. The van der Waals surface area contributed by atoms with E-state index in [-0.39, 0.29) is 5.78 Å². The number of hydrogen-bond acceptors (Lipinski definition) is 2. The van der Waals surface area contributed by atoms with E-state index in [2.05, 4.69) is 0 Å². The van der Waals surface area contributed by atoms with Gasteiger partial charge in [0.15, 0.2) is 5.78 Å². The van der Waals surface area contributed by atoms with Crippen LogP contribution in [0.2, 0.25) is 0 Å². The molecule has 16 heavy (non-hydrogen) atoms. The summed E-state index contributed by atoms with van der Waals surface area (Å²) in [5.74, 6) is 0.204. The van der Waals surface area contributed by atoms with Gasteiger partial charge >= 0.3 is 0 Å². The van der Waals surface area contributed by atoms with E-state index in [4.69, 9.17) is 4.42 Å². The van der Waals surface area contributed by atoms with E-state index in [1.165, 1.54) is 0 Å². The monoisotopic (exact) mass is 218 g/mol. The maximum absolute atomic E-state index is 11.6. The van der Waals surface area contributed by atoms with Crippen LogP contribution in [0, 0.1) is 0 Å². The third-order valence-electron chi connectivity index (χ3n) is 2.25. The van der Waals surface area contributed by atoms with E-state index in [9.17, 15) is 4.79 Å². The highest BCUT2D eigenvalue weighted by molar-refractivity contribution is 5.99. The number of furan rings is 1. The fraction of sp³-hybridized carbons (Fsp3) is 0.357. The summed E-state index contributed by atoms with van der Waals surface area (Å²) in [5.41, 5.74) is 1.61. The molecular weight excluding hydrogens is 200 g/mol. The Morgan fingerprint density at radius 1 is 1.25 bits per heavy atom. The SMILES string of the molecule is CC.CCCC(=O)c1ccc2occc2c1. The van der Waals surface area contributed by atoms with Crippen LogP contribution in [-0.4, -0.2) is 5.78 Å². The minimum atomic E-state index is 0.204. The van der Waals surface area contributed by atoms with Crippen LogP contribution < -0.4 is 0 Å². The lowest BCUT2D eigenvalue weighted by molar-refractivity contribution is 0.0982. The van der Waals surface area contributed by atoms with E-state index in [0.717, 1.165) is 23.0 Å². The van der Waals surface area contributed by atoms with Crippen molar-refractivity contribution >= 4 is 16.8 Å². The van der Waals surface area contributed by atoms with E-state index in [1.807, 2.05) is 45.0 Å². The summed E-state index contributed by atoms with van der Waals surface area (Å²) < 4.78 is 5.20. The van der Waals surface area contributed by atoms with Crippen molar-refractivity contribution in [2.45, 2.75) is 33.6 Å². The summed E-state index contributed by atoms with van der Waals surface area (Å²) in [5, 5.41) is 0.993. The van der Waals surface area contributed by atoms with Gasteiger partial charge in [-0.25, -0.2) is 0 Å². The molecule has 0 atom stereocenters. The van der Waals surface area contributed by atoms with Crippen molar-refractivity contribution in [1.29, 1.82) is 0 Å². The number of carbonyl (C=O) groups excluding carboxylic acids is 1. The first-order valence-corrected chi connectivity index (χ1v) is 5.81. The third-order valence-corrected chi connectivity index (χ3v) is 2.25. The number of Topliss-reactive ketones (excluding diaryl/α,β-unsaturated/α-hetero) is 1. The molecule has 1 aromatic carbocycles. The molecule has 2 aromatic rings. The van der Waals surface area contributed by atoms with Gasteiger partial charge in [-0.1, -0.05) is 20.8 Å². The smallest absolute Gasteiger partial charge is 0.162 e. The van der Waals surface area contributed by atoms with Crippen LogP contribution in [0.4, 0.5) is 0 Å². The van der Waals surface area contributed by atoms with Gasteiger partial charge in [0, 0.05) is 17.4 Å². The standard InChI is InChI=1S/C12H12O2.C2H6/c1-2-3-11(13)9-4-5-12-10(8-9)6-7-14-12;1-2/h4-8H,2-3H2,1H3;1-2H3. The average Bonchev–Trinajstić information content (AvgIpc) is 2.79. The largest absolute Gasteiger partial charge is 0.464 e. The topological polar surface area (TPSA) is 30.2 Å². The molecule has 1 heterocycles. The third kappa shape index (κ3) is 2.72. The molecule has 0 aliphatic carbocycles. The number of carbonyl (C=O) groups is 1. The van der Waals surface area contributed by atoms with E-state index in [0.29, 0.717) is 6.42 Å². The summed E-state index contributed by atoms with van der Waals surface area (Å²) >= 11 is 0. The predicted molar refractivity (Wildman–Crippen MR) is 66.8 cm³/mol. The molecule has 0 aliphatic heterocycles. The van der Waals surface area contributed by atoms with Gasteiger partial charge in [-0.15, -0.1) is 0 Å². The van der Waals surface area contributed by atoms with Crippen LogP contribution in [0.1, 0.15) is 44.0 Å². The minimum Gasteiger partial charge on any atom is -0.464 e. The van der Waals surface area contributed by atoms with Gasteiger partial charge in [0.05, 0.1) is 6.26 Å². The molecule has 86 valence electrons. The maximum Gasteiger partial charge on any atom is 0.162 e. The van der Waals surface area contributed by atoms with Crippen molar-refractivity contribution in [3.05, 3.63) is 36.1 Å². The van der Waals surface area contributed by atoms with Gasteiger partial charge in [-0.2, -0.15) is 0 Å². The number of ketones is 1. The highest BCUT2D eigenvalue weighted by Gasteiger charge is 2.05. The average molecular weight is 218 g/mol. The van der Waals surface area contributed by atoms with Crippen LogP contribution >= 0.6 is 0 Å². The molecule has 0 N–H and O–H groups in total. The molecule has 0 saturated carbocycles. The molecule has 0 unspecified atom stereocenters. The van der Waals surface area contributed by atoms with Crippen molar-refractivity contribution in [3.63, 3.8) is 0 Å². The summed E-state index contributed by atoms with van der Waals surface area (Å²) in [7, 11) is 0. The van der Waals surface area contributed by atoms with Crippen LogP contribution in [0.15, 0.2) is 34.9 Å². The first-order valence-electron chi connectivity index (χ1n) is 5.81. The Balaban J connectivity index is 0.000000606. The molecule has 0 saturated heterocycles. The zero-order valence-electron chi connectivity index (χ0n) is 10.1. The van der Waals surface area contributed by atoms with Crippen molar-refractivity contribution < 1.29 is 9.21 Å². The van der Waals surface area contributed by atoms with Crippen LogP contribution in [0.5, 0.6) is 0 Å². The summed E-state index contributed by atoms with van der Waals surface area (Å²) in [6, 6.07) is 7.43. The lowest BCUT2D eigenvalue weighted by Crippen LogP contribution is -1.96. The first kappa shape index (κ1) is 12.5. The van der Waals surface area contributed by atoms with Crippen molar-refractivity contribution in [2.75, 3.05) is 0 Å². The molecular formula is C14H18O2. The molecule has 2 nitrogen and oxygen atoms in total. The van der Waals surface area contributed by atoms with E-state index < -0.39 is 0 Å². The highest BCUT2D eigenvalue weighted by Crippen LogP contribution is 2.18. The molecule has 0 aliphatic rings. The fourth-order valence-corrected chi connectivity index (χ4v) is 1.51. The number of fused-ring (bicyclic) bond motifs is 1. The Morgan fingerprint density at radius 3 is 2.69 bits per heavy atom. The Bertz CT molecular complexity index is 454. The van der Waals surface area contributed by atoms with Crippen molar-refractivity contribution in [3.8, 4) is 0 Å². The Kier molecular flexibility index (Phi) is 4.77. The molecule has 0 spiro atoms. The van der Waals surface area contributed by atoms with Gasteiger partial charge in [0.2, 0.25) is 0 Å². The molecule has 2 heteroatoms. The molecule has 2 rings (SSSR count). The molecule has 0 fully saturated rings. The zero-order chi connectivity index (χ0) is 12.0. The maximum atomic E-state index is 11.6. The second kappa shape index (κ2) is 6.11. The number of rotatable bonds is 3. The van der Waals surface area contributed by atoms with Crippen molar-refractivity contribution in [2.24, 2.45) is 0 Å². The van der Waals surface area contributed by atoms with Crippen LogP contribution in [0.25, 0.3) is 11.0 Å². The number of benzene rings is 1. The normalized spacial score (nSPS) is 9.69. The summed E-state index contributed by atoms with van der Waals surface area (Å²) in [6.45, 7) is 6.01. The van der Waals surface area contributed by atoms with E-state index >= 15 is 0 Å². The quantitative estimate of drug-likeness (QED) is 0.713. The van der Waals surface area contributed by atoms with Gasteiger partial charge in [0.1, 0.15) is 5.58 Å².